The predicted octanol–water partition coefficient (Wildman–Crippen LogP) is 4.23. The predicted molar refractivity (Wildman–Crippen MR) is 127 cm³/mol. The minimum Gasteiger partial charge on any atom is -0.383 e. The highest BCUT2D eigenvalue weighted by Crippen LogP contribution is 2.34. The monoisotopic (exact) mass is 475 g/mol. The molecular weight excluding hydrogens is 454 g/mol. The Morgan fingerprint density at radius 3 is 2.71 bits per heavy atom. The zero-order chi connectivity index (χ0) is 21.2. The number of morpholine rings is 1. The topological polar surface area (TPSA) is 86.0 Å². The van der Waals surface area contributed by atoms with Crippen molar-refractivity contribution in [3.8, 4) is 22.4 Å². The van der Waals surface area contributed by atoms with E-state index in [0.717, 1.165) is 58.4 Å². The van der Waals surface area contributed by atoms with E-state index in [-0.39, 0.29) is 6.10 Å². The Labute approximate surface area is 189 Å². The Balaban J connectivity index is 1.54. The Hall–Kier alpha value is -2.87. The molecule has 0 spiro atoms. The van der Waals surface area contributed by atoms with Gasteiger partial charge in [0.15, 0.2) is 5.65 Å². The van der Waals surface area contributed by atoms with Crippen LogP contribution in [0.4, 0.5) is 5.82 Å². The molecule has 2 aromatic carbocycles. The molecule has 3 N–H and O–H groups in total. The molecule has 1 saturated heterocycles. The number of nitrogen functional groups attached to an aromatic ring is 1. The van der Waals surface area contributed by atoms with Crippen molar-refractivity contribution in [1.82, 2.24) is 20.3 Å². The largest absolute Gasteiger partial charge is 0.383 e. The van der Waals surface area contributed by atoms with E-state index in [9.17, 15) is 0 Å². The summed E-state index contributed by atoms with van der Waals surface area (Å²) in [7, 11) is 0. The third kappa shape index (κ3) is 4.30. The number of pyridine rings is 1. The van der Waals surface area contributed by atoms with Crippen LogP contribution in [-0.4, -0.2) is 40.8 Å². The number of nitrogens with one attached hydrogen (secondary N) is 1. The molecule has 0 radical (unpaired) electrons. The molecule has 31 heavy (non-hydrogen) atoms. The van der Waals surface area contributed by atoms with Gasteiger partial charge in [0.25, 0.3) is 0 Å². The first kappa shape index (κ1) is 20.1. The van der Waals surface area contributed by atoms with E-state index < -0.39 is 0 Å². The second-order valence-electron chi connectivity index (χ2n) is 7.62. The fourth-order valence-electron chi connectivity index (χ4n) is 3.94. The number of hydrogen-bond donors (Lipinski definition) is 2. The number of ether oxygens (including phenoxy) is 1. The number of nitrogens with zero attached hydrogens (tertiary/aromatic N) is 3. The molecule has 2 aromatic heterocycles. The molecule has 0 aliphatic carbocycles. The van der Waals surface area contributed by atoms with Crippen LogP contribution in [0.15, 0.2) is 65.4 Å². The molecule has 0 saturated carbocycles. The number of hydrogen-bond acceptors (Lipinski definition) is 6. The summed E-state index contributed by atoms with van der Waals surface area (Å²) in [5, 5.41) is 4.15. The van der Waals surface area contributed by atoms with Crippen molar-refractivity contribution in [2.24, 2.45) is 0 Å². The third-order valence-corrected chi connectivity index (χ3v) is 5.98. The average molecular weight is 476 g/mol. The second-order valence-corrected chi connectivity index (χ2v) is 8.54. The van der Waals surface area contributed by atoms with Crippen LogP contribution >= 0.6 is 15.9 Å². The highest BCUT2D eigenvalue weighted by Gasteiger charge is 2.16. The highest BCUT2D eigenvalue weighted by atomic mass is 79.9. The first-order valence-electron chi connectivity index (χ1n) is 10.3. The van der Waals surface area contributed by atoms with Crippen LogP contribution in [0.25, 0.3) is 33.4 Å². The maximum Gasteiger partial charge on any atom is 0.165 e. The van der Waals surface area contributed by atoms with Crippen LogP contribution < -0.4 is 11.1 Å². The summed E-state index contributed by atoms with van der Waals surface area (Å²) in [4.78, 5) is 13.4. The molecule has 5 rings (SSSR count). The molecule has 0 bridgehead atoms. The number of fused-ring (bicyclic) bond motifs is 1. The van der Waals surface area contributed by atoms with Crippen molar-refractivity contribution < 1.29 is 4.74 Å². The molecule has 6 nitrogen and oxygen atoms in total. The number of benzene rings is 2. The first-order valence-corrected chi connectivity index (χ1v) is 11.1. The molecule has 0 amide bonds. The van der Waals surface area contributed by atoms with Crippen LogP contribution in [0.5, 0.6) is 0 Å². The molecule has 3 heterocycles. The average Bonchev–Trinajstić information content (AvgIpc) is 2.80. The lowest BCUT2D eigenvalue weighted by Gasteiger charge is -2.23. The van der Waals surface area contributed by atoms with Crippen LogP contribution in [0.1, 0.15) is 5.56 Å². The lowest BCUT2D eigenvalue weighted by Crippen LogP contribution is -2.39. The van der Waals surface area contributed by atoms with Gasteiger partial charge in [-0.15, -0.1) is 0 Å². The van der Waals surface area contributed by atoms with Crippen molar-refractivity contribution in [2.45, 2.75) is 12.5 Å². The highest BCUT2D eigenvalue weighted by molar-refractivity contribution is 9.10. The zero-order valence-corrected chi connectivity index (χ0v) is 18.5. The summed E-state index contributed by atoms with van der Waals surface area (Å²) < 4.78 is 6.82. The summed E-state index contributed by atoms with van der Waals surface area (Å²) in [6, 6.07) is 18.7. The van der Waals surface area contributed by atoms with E-state index >= 15 is 0 Å². The van der Waals surface area contributed by atoms with E-state index in [1.165, 1.54) is 11.9 Å². The molecule has 1 aliphatic heterocycles. The van der Waals surface area contributed by atoms with E-state index in [0.29, 0.717) is 11.5 Å². The Morgan fingerprint density at radius 2 is 1.94 bits per heavy atom. The second kappa shape index (κ2) is 8.70. The van der Waals surface area contributed by atoms with Crippen LogP contribution in [0.2, 0.25) is 0 Å². The van der Waals surface area contributed by atoms with Gasteiger partial charge in [-0.1, -0.05) is 52.3 Å². The Morgan fingerprint density at radius 1 is 1.06 bits per heavy atom. The van der Waals surface area contributed by atoms with E-state index in [1.807, 2.05) is 12.1 Å². The fourth-order valence-corrected chi connectivity index (χ4v) is 4.34. The summed E-state index contributed by atoms with van der Waals surface area (Å²) in [6.45, 7) is 2.59. The van der Waals surface area contributed by atoms with Crippen molar-refractivity contribution >= 4 is 32.8 Å². The standard InChI is InChI=1S/C24H22BrN5O/c25-18-3-1-2-17(11-18)20-12-21(30-24-22(20)23(26)28-14-29-24)16-6-4-15(5-7-16)10-19-13-27-8-9-31-19/h1-7,11-12,14,19,27H,8-10,13H2,(H2,26,28,29,30). The lowest BCUT2D eigenvalue weighted by molar-refractivity contribution is 0.0292. The van der Waals surface area contributed by atoms with Gasteiger partial charge in [-0.25, -0.2) is 15.0 Å². The zero-order valence-electron chi connectivity index (χ0n) is 16.9. The minimum atomic E-state index is 0.223. The molecule has 1 atom stereocenters. The summed E-state index contributed by atoms with van der Waals surface area (Å²) in [5.74, 6) is 0.426. The van der Waals surface area contributed by atoms with Crippen molar-refractivity contribution in [3.63, 3.8) is 0 Å². The molecule has 1 aliphatic rings. The molecule has 7 heteroatoms. The quantitative estimate of drug-likeness (QED) is 0.459. The van der Waals surface area contributed by atoms with Gasteiger partial charge in [0, 0.05) is 23.1 Å². The van der Waals surface area contributed by atoms with Gasteiger partial charge in [-0.05, 0) is 41.3 Å². The van der Waals surface area contributed by atoms with Gasteiger partial charge in [-0.2, -0.15) is 0 Å². The molecule has 1 unspecified atom stereocenters. The van der Waals surface area contributed by atoms with Gasteiger partial charge in [0.2, 0.25) is 0 Å². The molecule has 1 fully saturated rings. The summed E-state index contributed by atoms with van der Waals surface area (Å²) in [6.07, 6.45) is 2.58. The van der Waals surface area contributed by atoms with Crippen LogP contribution in [0.3, 0.4) is 0 Å². The number of rotatable bonds is 4. The van der Waals surface area contributed by atoms with Crippen LogP contribution in [-0.2, 0) is 11.2 Å². The van der Waals surface area contributed by atoms with Gasteiger partial charge in [-0.3, -0.25) is 0 Å². The SMILES string of the molecule is Nc1ncnc2nc(-c3ccc(CC4CNCCO4)cc3)cc(-c3cccc(Br)c3)c12. The third-order valence-electron chi connectivity index (χ3n) is 5.49. The van der Waals surface area contributed by atoms with E-state index in [1.54, 1.807) is 0 Å². The first-order chi connectivity index (χ1) is 15.2. The van der Waals surface area contributed by atoms with Gasteiger partial charge in [0.05, 0.1) is 23.8 Å². The van der Waals surface area contributed by atoms with Gasteiger partial charge < -0.3 is 15.8 Å². The van der Waals surface area contributed by atoms with Crippen LogP contribution in [0, 0.1) is 0 Å². The Bertz CT molecular complexity index is 1220. The van der Waals surface area contributed by atoms with E-state index in [4.69, 9.17) is 15.5 Å². The summed E-state index contributed by atoms with van der Waals surface area (Å²) in [5.41, 5.74) is 11.9. The number of nitrogens with two attached hydrogens (primary N) is 1. The van der Waals surface area contributed by atoms with Crippen molar-refractivity contribution in [3.05, 3.63) is 71.0 Å². The van der Waals surface area contributed by atoms with E-state index in [2.05, 4.69) is 73.7 Å². The molecule has 4 aromatic rings. The van der Waals surface area contributed by atoms with Gasteiger partial charge >= 0.3 is 0 Å². The lowest BCUT2D eigenvalue weighted by atomic mass is 9.98. The maximum absolute atomic E-state index is 6.21. The fraction of sp³-hybridized carbons (Fsp3) is 0.208. The molecular formula is C24H22BrN5O. The Kier molecular flexibility index (Phi) is 5.63. The number of halogens is 1. The number of anilines is 1. The minimum absolute atomic E-state index is 0.223. The summed E-state index contributed by atoms with van der Waals surface area (Å²) >= 11 is 3.56. The molecule has 156 valence electrons. The smallest absolute Gasteiger partial charge is 0.165 e. The number of aromatic nitrogens is 3. The normalized spacial score (nSPS) is 16.5. The maximum atomic E-state index is 6.21. The van der Waals surface area contributed by atoms with Crippen molar-refractivity contribution in [2.75, 3.05) is 25.4 Å². The van der Waals surface area contributed by atoms with Crippen molar-refractivity contribution in [1.29, 1.82) is 0 Å². The van der Waals surface area contributed by atoms with Gasteiger partial charge in [0.1, 0.15) is 12.1 Å².